The minimum atomic E-state index is 0.629. The summed E-state index contributed by atoms with van der Waals surface area (Å²) < 4.78 is 10.2. The Morgan fingerprint density at radius 3 is 2.95 bits per heavy atom. The summed E-state index contributed by atoms with van der Waals surface area (Å²) in [5.74, 6) is 2.21. The zero-order chi connectivity index (χ0) is 13.5. The molecule has 1 aliphatic heterocycles. The van der Waals surface area contributed by atoms with Crippen LogP contribution in [0.4, 0.5) is 0 Å². The third-order valence-electron chi connectivity index (χ3n) is 3.47. The molecule has 1 aromatic heterocycles. The van der Waals surface area contributed by atoms with Crippen LogP contribution < -0.4 is 5.32 Å². The summed E-state index contributed by atoms with van der Waals surface area (Å²) in [6.07, 6.45) is 3.22. The number of ether oxygens (including phenoxy) is 1. The van der Waals surface area contributed by atoms with E-state index in [1.807, 2.05) is 0 Å². The van der Waals surface area contributed by atoms with Crippen LogP contribution in [0.3, 0.4) is 0 Å². The monoisotopic (exact) mass is 268 g/mol. The lowest BCUT2D eigenvalue weighted by Crippen LogP contribution is -2.34. The van der Waals surface area contributed by atoms with E-state index in [9.17, 15) is 0 Å². The molecule has 0 bridgehead atoms. The van der Waals surface area contributed by atoms with E-state index in [2.05, 4.69) is 27.4 Å². The van der Waals surface area contributed by atoms with Crippen molar-refractivity contribution < 1.29 is 9.26 Å². The van der Waals surface area contributed by atoms with E-state index in [0.29, 0.717) is 18.9 Å². The van der Waals surface area contributed by atoms with Gasteiger partial charge < -0.3 is 14.6 Å². The summed E-state index contributed by atoms with van der Waals surface area (Å²) in [5.41, 5.74) is 0. The van der Waals surface area contributed by atoms with Crippen molar-refractivity contribution in [1.82, 2.24) is 20.4 Å². The Balaban J connectivity index is 1.74. The van der Waals surface area contributed by atoms with Crippen molar-refractivity contribution in [3.63, 3.8) is 0 Å². The van der Waals surface area contributed by atoms with Gasteiger partial charge in [0.25, 0.3) is 0 Å². The van der Waals surface area contributed by atoms with Gasteiger partial charge in [0.15, 0.2) is 5.82 Å². The van der Waals surface area contributed by atoms with Gasteiger partial charge in [0.1, 0.15) is 0 Å². The zero-order valence-electron chi connectivity index (χ0n) is 11.9. The summed E-state index contributed by atoms with van der Waals surface area (Å²) in [4.78, 5) is 6.64. The number of hydrogen-bond donors (Lipinski definition) is 1. The fourth-order valence-corrected chi connectivity index (χ4v) is 2.45. The van der Waals surface area contributed by atoms with Crippen molar-refractivity contribution in [2.24, 2.45) is 5.92 Å². The van der Waals surface area contributed by atoms with Gasteiger partial charge in [-0.15, -0.1) is 0 Å². The topological polar surface area (TPSA) is 63.4 Å². The summed E-state index contributed by atoms with van der Waals surface area (Å²) >= 11 is 0. The fourth-order valence-electron chi connectivity index (χ4n) is 2.45. The Morgan fingerprint density at radius 2 is 2.21 bits per heavy atom. The molecule has 108 valence electrons. The minimum Gasteiger partial charge on any atom is -0.384 e. The molecular formula is C13H24N4O2. The molecule has 1 aliphatic rings. The molecule has 6 nitrogen and oxygen atoms in total. The Bertz CT molecular complexity index is 363. The predicted molar refractivity (Wildman–Crippen MR) is 71.8 cm³/mol. The lowest BCUT2D eigenvalue weighted by Gasteiger charge is -2.26. The normalized spacial score (nSPS) is 17.2. The molecule has 1 saturated heterocycles. The van der Waals surface area contributed by atoms with Crippen molar-refractivity contribution >= 4 is 0 Å². The van der Waals surface area contributed by atoms with Gasteiger partial charge in [0.2, 0.25) is 5.89 Å². The number of rotatable bonds is 7. The molecule has 19 heavy (non-hydrogen) atoms. The van der Waals surface area contributed by atoms with Crippen LogP contribution >= 0.6 is 0 Å². The van der Waals surface area contributed by atoms with Crippen LogP contribution in [-0.2, 0) is 17.7 Å². The molecule has 0 amide bonds. The number of methoxy groups -OCH3 is 1. The van der Waals surface area contributed by atoms with E-state index < -0.39 is 0 Å². The predicted octanol–water partition coefficient (Wildman–Crippen LogP) is 0.690. The molecule has 6 heteroatoms. The van der Waals surface area contributed by atoms with Crippen molar-refractivity contribution in [2.75, 3.05) is 40.4 Å². The lowest BCUT2D eigenvalue weighted by atomic mass is 9.98. The molecule has 2 rings (SSSR count). The number of aromatic nitrogens is 2. The third-order valence-corrected chi connectivity index (χ3v) is 3.47. The van der Waals surface area contributed by atoms with E-state index >= 15 is 0 Å². The van der Waals surface area contributed by atoms with E-state index in [1.54, 1.807) is 7.11 Å². The maximum atomic E-state index is 5.25. The molecule has 0 atom stereocenters. The van der Waals surface area contributed by atoms with Crippen LogP contribution in [0.25, 0.3) is 0 Å². The highest BCUT2D eigenvalue weighted by atomic mass is 16.5. The highest BCUT2D eigenvalue weighted by Gasteiger charge is 2.16. The molecule has 2 heterocycles. The van der Waals surface area contributed by atoms with Gasteiger partial charge in [-0.3, -0.25) is 4.90 Å². The number of nitrogens with one attached hydrogen (secondary N) is 1. The second kappa shape index (κ2) is 7.57. The Labute approximate surface area is 114 Å². The zero-order valence-corrected chi connectivity index (χ0v) is 11.9. The van der Waals surface area contributed by atoms with Gasteiger partial charge in [0.05, 0.1) is 13.2 Å². The maximum Gasteiger partial charge on any atom is 0.240 e. The second-order valence-electron chi connectivity index (χ2n) is 5.24. The summed E-state index contributed by atoms with van der Waals surface area (Å²) in [6, 6.07) is 0. The Hall–Kier alpha value is -0.980. The maximum absolute atomic E-state index is 5.25. The molecule has 0 saturated carbocycles. The summed E-state index contributed by atoms with van der Waals surface area (Å²) in [6.45, 7) is 4.73. The minimum absolute atomic E-state index is 0.629. The number of hydrogen-bond acceptors (Lipinski definition) is 6. The first-order valence-corrected chi connectivity index (χ1v) is 6.97. The molecule has 1 N–H and O–H groups in total. The molecular weight excluding hydrogens is 244 g/mol. The Morgan fingerprint density at radius 1 is 1.42 bits per heavy atom. The fraction of sp³-hybridized carbons (Fsp3) is 0.846. The molecule has 1 fully saturated rings. The van der Waals surface area contributed by atoms with Crippen molar-refractivity contribution in [1.29, 1.82) is 0 Å². The average molecular weight is 268 g/mol. The van der Waals surface area contributed by atoms with Gasteiger partial charge in [-0.25, -0.2) is 0 Å². The van der Waals surface area contributed by atoms with Crippen LogP contribution in [0, 0.1) is 5.92 Å². The van der Waals surface area contributed by atoms with Crippen LogP contribution in [0.15, 0.2) is 4.52 Å². The van der Waals surface area contributed by atoms with Gasteiger partial charge in [-0.05, 0) is 38.9 Å². The highest BCUT2D eigenvalue weighted by molar-refractivity contribution is 4.86. The van der Waals surface area contributed by atoms with Gasteiger partial charge >= 0.3 is 0 Å². The van der Waals surface area contributed by atoms with Gasteiger partial charge in [-0.1, -0.05) is 5.16 Å². The molecule has 0 aromatic carbocycles. The quantitative estimate of drug-likeness (QED) is 0.785. The lowest BCUT2D eigenvalue weighted by molar-refractivity contribution is 0.199. The smallest absolute Gasteiger partial charge is 0.240 e. The van der Waals surface area contributed by atoms with E-state index in [1.165, 1.54) is 12.8 Å². The number of piperidine rings is 1. The van der Waals surface area contributed by atoms with Crippen molar-refractivity contribution in [2.45, 2.75) is 25.8 Å². The number of nitrogens with zero attached hydrogens (tertiary/aromatic N) is 3. The molecule has 1 aromatic rings. The van der Waals surface area contributed by atoms with Crippen LogP contribution in [-0.4, -0.2) is 55.4 Å². The first kappa shape index (κ1) is 14.4. The highest BCUT2D eigenvalue weighted by Crippen LogP contribution is 2.13. The van der Waals surface area contributed by atoms with Crippen LogP contribution in [0.2, 0.25) is 0 Å². The van der Waals surface area contributed by atoms with E-state index in [-0.39, 0.29) is 0 Å². The summed E-state index contributed by atoms with van der Waals surface area (Å²) in [7, 11) is 3.79. The first-order valence-electron chi connectivity index (χ1n) is 6.97. The average Bonchev–Trinajstić information content (AvgIpc) is 2.85. The third kappa shape index (κ3) is 4.89. The van der Waals surface area contributed by atoms with Gasteiger partial charge in [0, 0.05) is 20.1 Å². The molecule has 0 spiro atoms. The van der Waals surface area contributed by atoms with Gasteiger partial charge in [-0.2, -0.15) is 4.98 Å². The van der Waals surface area contributed by atoms with Crippen LogP contribution in [0.5, 0.6) is 0 Å². The largest absolute Gasteiger partial charge is 0.384 e. The molecule has 0 unspecified atom stereocenters. The first-order chi connectivity index (χ1) is 9.28. The SMILES string of the molecule is COCCc1noc(CN(C)CC2CCNCC2)n1. The van der Waals surface area contributed by atoms with Crippen LogP contribution in [0.1, 0.15) is 24.6 Å². The van der Waals surface area contributed by atoms with Crippen molar-refractivity contribution in [3.8, 4) is 0 Å². The molecule has 0 aliphatic carbocycles. The molecule has 0 radical (unpaired) electrons. The van der Waals surface area contributed by atoms with E-state index in [0.717, 1.165) is 37.9 Å². The standard InChI is InChI=1S/C13H24N4O2/c1-17(9-11-3-6-14-7-4-11)10-13-15-12(16-19-13)5-8-18-2/h11,14H,3-10H2,1-2H3. The second-order valence-corrected chi connectivity index (χ2v) is 5.24. The summed E-state index contributed by atoms with van der Waals surface area (Å²) in [5, 5.41) is 7.34. The van der Waals surface area contributed by atoms with E-state index in [4.69, 9.17) is 9.26 Å². The van der Waals surface area contributed by atoms with Crippen molar-refractivity contribution in [3.05, 3.63) is 11.7 Å². The Kier molecular flexibility index (Phi) is 5.75.